The minimum absolute atomic E-state index is 0.182. The molecule has 2 aliphatic rings. The van der Waals surface area contributed by atoms with Gasteiger partial charge in [0, 0.05) is 44.7 Å². The van der Waals surface area contributed by atoms with Gasteiger partial charge >= 0.3 is 5.97 Å². The van der Waals surface area contributed by atoms with Crippen molar-refractivity contribution in [3.05, 3.63) is 35.9 Å². The number of nitrogens with zero attached hydrogens (tertiary/aromatic N) is 6. The van der Waals surface area contributed by atoms with Crippen LogP contribution in [0.5, 0.6) is 0 Å². The van der Waals surface area contributed by atoms with Crippen molar-refractivity contribution in [1.82, 2.24) is 29.6 Å². The summed E-state index contributed by atoms with van der Waals surface area (Å²) >= 11 is 0. The standard InChI is InChI=1S/C26H34F2N8O2/c1-35-24-20(15-32-35)23(30-16-31-24)34-21(25(37)38)9-12-36(19-13-26(27,28)14-19)11-3-2-6-18-8-7-17-5-4-10-29-22(17)33-18/h7-8,15-16,19,21H,2-6,9-14H2,1H3,(H,29,33)(H,37,38)(H,30,31,34). The number of carboxylic acid groups (broad SMARTS) is 1. The number of aryl methyl sites for hydroxylation is 3. The number of rotatable bonds is 12. The Hall–Kier alpha value is -3.41. The molecule has 3 N–H and O–H groups in total. The highest BCUT2D eigenvalue weighted by atomic mass is 19.3. The van der Waals surface area contributed by atoms with Gasteiger partial charge in [-0.05, 0) is 56.7 Å². The number of aliphatic carboxylic acids is 1. The van der Waals surface area contributed by atoms with E-state index in [1.54, 1.807) is 17.9 Å². The molecule has 0 saturated heterocycles. The zero-order chi connectivity index (χ0) is 26.7. The van der Waals surface area contributed by atoms with Crippen LogP contribution in [0.1, 0.15) is 49.8 Å². The quantitative estimate of drug-likeness (QED) is 0.303. The number of halogens is 2. The van der Waals surface area contributed by atoms with Crippen LogP contribution < -0.4 is 10.6 Å². The van der Waals surface area contributed by atoms with Crippen LogP contribution in [0.2, 0.25) is 0 Å². The first kappa shape index (κ1) is 26.2. The molecule has 204 valence electrons. The smallest absolute Gasteiger partial charge is 0.326 e. The van der Waals surface area contributed by atoms with Gasteiger partial charge in [-0.1, -0.05) is 6.07 Å². The summed E-state index contributed by atoms with van der Waals surface area (Å²) in [5, 5.41) is 21.0. The van der Waals surface area contributed by atoms with E-state index < -0.39 is 17.9 Å². The molecule has 0 amide bonds. The predicted molar refractivity (Wildman–Crippen MR) is 139 cm³/mol. The fraction of sp³-hybridized carbons (Fsp3) is 0.577. The number of alkyl halides is 2. The van der Waals surface area contributed by atoms with Crippen LogP contribution >= 0.6 is 0 Å². The van der Waals surface area contributed by atoms with E-state index in [9.17, 15) is 18.7 Å². The van der Waals surface area contributed by atoms with Crippen molar-refractivity contribution in [3.8, 4) is 0 Å². The number of unbranched alkanes of at least 4 members (excludes halogenated alkanes) is 1. The highest BCUT2D eigenvalue weighted by molar-refractivity contribution is 5.88. The second-order valence-electron chi connectivity index (χ2n) is 10.3. The van der Waals surface area contributed by atoms with Gasteiger partial charge in [0.05, 0.1) is 11.6 Å². The van der Waals surface area contributed by atoms with Gasteiger partial charge in [0.25, 0.3) is 5.92 Å². The number of nitrogens with one attached hydrogen (secondary N) is 2. The van der Waals surface area contributed by atoms with Crippen molar-refractivity contribution in [2.75, 3.05) is 30.3 Å². The lowest BCUT2D eigenvalue weighted by Crippen LogP contribution is -2.52. The molecule has 1 unspecified atom stereocenters. The third kappa shape index (κ3) is 6.01. The summed E-state index contributed by atoms with van der Waals surface area (Å²) in [6.45, 7) is 1.98. The van der Waals surface area contributed by atoms with Crippen LogP contribution in [0, 0.1) is 0 Å². The number of pyridine rings is 1. The first-order valence-corrected chi connectivity index (χ1v) is 13.3. The molecule has 5 rings (SSSR count). The fourth-order valence-electron chi connectivity index (χ4n) is 5.29. The summed E-state index contributed by atoms with van der Waals surface area (Å²) in [5.74, 6) is -2.29. The molecule has 4 heterocycles. The summed E-state index contributed by atoms with van der Waals surface area (Å²) in [5.41, 5.74) is 2.88. The molecule has 10 nitrogen and oxygen atoms in total. The molecule has 12 heteroatoms. The summed E-state index contributed by atoms with van der Waals surface area (Å²) < 4.78 is 29.0. The minimum Gasteiger partial charge on any atom is -0.480 e. The molecule has 0 bridgehead atoms. The number of anilines is 2. The molecule has 38 heavy (non-hydrogen) atoms. The topological polar surface area (TPSA) is 121 Å². The number of carboxylic acids is 1. The van der Waals surface area contributed by atoms with Gasteiger partial charge in [0.2, 0.25) is 0 Å². The third-order valence-corrected chi connectivity index (χ3v) is 7.51. The van der Waals surface area contributed by atoms with Crippen LogP contribution in [0.3, 0.4) is 0 Å². The van der Waals surface area contributed by atoms with E-state index in [0.717, 1.165) is 50.2 Å². The van der Waals surface area contributed by atoms with Crippen molar-refractivity contribution >= 4 is 28.6 Å². The molecule has 1 aliphatic heterocycles. The molecule has 0 radical (unpaired) electrons. The van der Waals surface area contributed by atoms with E-state index in [1.807, 2.05) is 4.90 Å². The second-order valence-corrected chi connectivity index (χ2v) is 10.3. The highest BCUT2D eigenvalue weighted by Crippen LogP contribution is 2.40. The summed E-state index contributed by atoms with van der Waals surface area (Å²) in [6.07, 6.45) is 7.53. The first-order valence-electron chi connectivity index (χ1n) is 13.3. The van der Waals surface area contributed by atoms with E-state index in [1.165, 1.54) is 11.9 Å². The van der Waals surface area contributed by atoms with E-state index in [0.29, 0.717) is 29.9 Å². The lowest BCUT2D eigenvalue weighted by molar-refractivity contribution is -0.139. The van der Waals surface area contributed by atoms with Crippen LogP contribution in [-0.2, 0) is 24.7 Å². The Kier molecular flexibility index (Phi) is 7.68. The fourth-order valence-corrected chi connectivity index (χ4v) is 5.29. The van der Waals surface area contributed by atoms with Crippen LogP contribution in [0.15, 0.2) is 24.7 Å². The second kappa shape index (κ2) is 11.1. The SMILES string of the molecule is Cn1ncc2c(NC(CCN(CCCCc3ccc4c(n3)NCCC4)C3CC(F)(F)C3)C(=O)O)ncnc21. The van der Waals surface area contributed by atoms with Crippen LogP contribution in [0.4, 0.5) is 20.4 Å². The molecular formula is C26H34F2N8O2. The minimum atomic E-state index is -2.64. The molecule has 0 aromatic carbocycles. The average Bonchev–Trinajstić information content (AvgIpc) is 3.27. The van der Waals surface area contributed by atoms with Gasteiger partial charge in [0.1, 0.15) is 24.0 Å². The predicted octanol–water partition coefficient (Wildman–Crippen LogP) is 3.49. The Morgan fingerprint density at radius 1 is 1.29 bits per heavy atom. The van der Waals surface area contributed by atoms with Crippen molar-refractivity contribution in [1.29, 1.82) is 0 Å². The molecule has 0 spiro atoms. The Morgan fingerprint density at radius 3 is 2.92 bits per heavy atom. The van der Waals surface area contributed by atoms with E-state index in [4.69, 9.17) is 4.98 Å². The Bertz CT molecular complexity index is 1280. The van der Waals surface area contributed by atoms with Gasteiger partial charge in [-0.3, -0.25) is 9.58 Å². The third-order valence-electron chi connectivity index (χ3n) is 7.51. The number of carbonyl (C=O) groups is 1. The maximum Gasteiger partial charge on any atom is 0.326 e. The van der Waals surface area contributed by atoms with Crippen molar-refractivity contribution in [2.24, 2.45) is 7.05 Å². The summed E-state index contributed by atoms with van der Waals surface area (Å²) in [7, 11) is 1.75. The summed E-state index contributed by atoms with van der Waals surface area (Å²) in [6, 6.07) is 3.05. The van der Waals surface area contributed by atoms with E-state index in [-0.39, 0.29) is 25.3 Å². The molecular weight excluding hydrogens is 494 g/mol. The largest absolute Gasteiger partial charge is 0.480 e. The molecule has 1 atom stereocenters. The van der Waals surface area contributed by atoms with Crippen molar-refractivity contribution in [3.63, 3.8) is 0 Å². The Morgan fingerprint density at radius 2 is 2.13 bits per heavy atom. The number of hydrogen-bond donors (Lipinski definition) is 3. The molecule has 1 fully saturated rings. The van der Waals surface area contributed by atoms with E-state index >= 15 is 0 Å². The molecule has 3 aromatic rings. The number of hydrogen-bond acceptors (Lipinski definition) is 8. The number of aromatic nitrogens is 5. The molecule has 3 aromatic heterocycles. The summed E-state index contributed by atoms with van der Waals surface area (Å²) in [4.78, 5) is 27.2. The van der Waals surface area contributed by atoms with Crippen molar-refractivity contribution < 1.29 is 18.7 Å². The maximum atomic E-state index is 13.7. The zero-order valence-corrected chi connectivity index (χ0v) is 21.5. The van der Waals surface area contributed by atoms with Gasteiger partial charge in [-0.15, -0.1) is 0 Å². The number of fused-ring (bicyclic) bond motifs is 2. The lowest BCUT2D eigenvalue weighted by Gasteiger charge is -2.43. The molecule has 1 aliphatic carbocycles. The van der Waals surface area contributed by atoms with Crippen LogP contribution in [0.25, 0.3) is 11.0 Å². The lowest BCUT2D eigenvalue weighted by atomic mass is 9.86. The van der Waals surface area contributed by atoms with Crippen LogP contribution in [-0.4, -0.2) is 78.3 Å². The Labute approximate surface area is 219 Å². The Balaban J connectivity index is 1.18. The first-order chi connectivity index (χ1) is 18.3. The monoisotopic (exact) mass is 528 g/mol. The maximum absolute atomic E-state index is 13.7. The van der Waals surface area contributed by atoms with Gasteiger partial charge in [-0.25, -0.2) is 28.5 Å². The normalized spacial score (nSPS) is 17.6. The highest BCUT2D eigenvalue weighted by Gasteiger charge is 2.47. The average molecular weight is 529 g/mol. The molecule has 1 saturated carbocycles. The van der Waals surface area contributed by atoms with E-state index in [2.05, 4.69) is 37.8 Å². The zero-order valence-electron chi connectivity index (χ0n) is 21.5. The van der Waals surface area contributed by atoms with Gasteiger partial charge in [0.15, 0.2) is 5.65 Å². The van der Waals surface area contributed by atoms with Gasteiger partial charge < -0.3 is 15.7 Å². The van der Waals surface area contributed by atoms with Gasteiger partial charge in [-0.2, -0.15) is 5.10 Å². The van der Waals surface area contributed by atoms with Crippen molar-refractivity contribution in [2.45, 2.75) is 69.4 Å².